The highest BCUT2D eigenvalue weighted by Crippen LogP contribution is 2.24. The van der Waals surface area contributed by atoms with E-state index in [9.17, 15) is 18.0 Å². The van der Waals surface area contributed by atoms with Crippen LogP contribution in [0.1, 0.15) is 27.1 Å². The van der Waals surface area contributed by atoms with Gasteiger partial charge in [0.05, 0.1) is 6.04 Å². The number of alkyl halides is 3. The van der Waals surface area contributed by atoms with Crippen molar-refractivity contribution in [2.75, 3.05) is 19.6 Å². The van der Waals surface area contributed by atoms with Crippen molar-refractivity contribution in [2.24, 2.45) is 0 Å². The molecule has 0 spiro atoms. The maximum atomic E-state index is 13.1. The molecule has 0 saturated carbocycles. The molecule has 1 aromatic carbocycles. The minimum Gasteiger partial charge on any atom is -0.486 e. The maximum Gasteiger partial charge on any atom is 0.490 e. The summed E-state index contributed by atoms with van der Waals surface area (Å²) < 4.78 is 37.5. The summed E-state index contributed by atoms with van der Waals surface area (Å²) >= 11 is 1.45. The molecule has 180 valence electrons. The van der Waals surface area contributed by atoms with Crippen molar-refractivity contribution in [3.8, 4) is 5.75 Å². The molecule has 1 atom stereocenters. The van der Waals surface area contributed by atoms with E-state index in [2.05, 4.69) is 15.3 Å². The second-order valence-corrected chi connectivity index (χ2v) is 7.97. The molecule has 1 aliphatic rings. The number of carboxylic acids is 1. The van der Waals surface area contributed by atoms with Gasteiger partial charge in [0, 0.05) is 37.4 Å². The van der Waals surface area contributed by atoms with Gasteiger partial charge in [-0.2, -0.15) is 13.2 Å². The van der Waals surface area contributed by atoms with Gasteiger partial charge in [0.25, 0.3) is 5.91 Å². The van der Waals surface area contributed by atoms with Gasteiger partial charge in [-0.15, -0.1) is 11.3 Å². The number of aromatic nitrogens is 2. The van der Waals surface area contributed by atoms with Crippen LogP contribution in [0.3, 0.4) is 0 Å². The fourth-order valence-electron chi connectivity index (χ4n) is 3.12. The molecule has 2 N–H and O–H groups in total. The summed E-state index contributed by atoms with van der Waals surface area (Å²) in [6.45, 7) is 2.52. The summed E-state index contributed by atoms with van der Waals surface area (Å²) in [5.41, 5.74) is 1.56. The highest BCUT2D eigenvalue weighted by molar-refractivity contribution is 7.09. The predicted octanol–water partition coefficient (Wildman–Crippen LogP) is 3.54. The van der Waals surface area contributed by atoms with Gasteiger partial charge in [-0.05, 0) is 29.8 Å². The Morgan fingerprint density at radius 3 is 2.50 bits per heavy atom. The average Bonchev–Trinajstić information content (AvgIpc) is 3.32. The molecule has 2 aromatic heterocycles. The lowest BCUT2D eigenvalue weighted by Gasteiger charge is -2.36. The van der Waals surface area contributed by atoms with Gasteiger partial charge >= 0.3 is 12.1 Å². The Bertz CT molecular complexity index is 1080. The zero-order valence-electron chi connectivity index (χ0n) is 17.7. The third-order valence-electron chi connectivity index (χ3n) is 4.71. The molecule has 4 rings (SSSR count). The summed E-state index contributed by atoms with van der Waals surface area (Å²) in [6, 6.07) is 13.5. The Labute approximate surface area is 197 Å². The van der Waals surface area contributed by atoms with Crippen LogP contribution in [0.5, 0.6) is 5.75 Å². The number of piperazine rings is 1. The topological polar surface area (TPSA) is 105 Å². The molecule has 0 aliphatic carbocycles. The van der Waals surface area contributed by atoms with Gasteiger partial charge in [-0.3, -0.25) is 9.78 Å². The molecule has 1 saturated heterocycles. The molecule has 0 radical (unpaired) electrons. The molecule has 3 aromatic rings. The fraction of sp³-hybridized carbons (Fsp3) is 0.273. The van der Waals surface area contributed by atoms with Gasteiger partial charge in [-0.25, -0.2) is 9.78 Å². The van der Waals surface area contributed by atoms with Crippen molar-refractivity contribution >= 4 is 23.2 Å². The standard InChI is InChI=1S/C20H20N4O2S.C2HF3O2/c25-20(24-11-10-22-12-18(24)15-6-8-21-9-7-15)17-14-27-19(23-17)13-26-16-4-2-1-3-5-16;3-2(4,5)1(6)7/h1-9,14,18,22H,10-13H2;(H,6,7). The van der Waals surface area contributed by atoms with E-state index in [1.54, 1.807) is 12.4 Å². The predicted molar refractivity (Wildman–Crippen MR) is 117 cm³/mol. The first-order chi connectivity index (χ1) is 16.3. The Kier molecular flexibility index (Phi) is 8.55. The first-order valence-corrected chi connectivity index (χ1v) is 11.0. The summed E-state index contributed by atoms with van der Waals surface area (Å²) in [5, 5.41) is 13.1. The lowest BCUT2D eigenvalue weighted by Crippen LogP contribution is -2.48. The third-order valence-corrected chi connectivity index (χ3v) is 5.54. The minimum absolute atomic E-state index is 0.0139. The second kappa shape index (κ2) is 11.6. The van der Waals surface area contributed by atoms with Crippen molar-refractivity contribution in [1.29, 1.82) is 0 Å². The summed E-state index contributed by atoms with van der Waals surface area (Å²) in [4.78, 5) is 32.4. The molecule has 1 unspecified atom stereocenters. The first-order valence-electron chi connectivity index (χ1n) is 10.1. The molecule has 1 aliphatic heterocycles. The fourth-order valence-corrected chi connectivity index (χ4v) is 3.79. The van der Waals surface area contributed by atoms with Crippen molar-refractivity contribution in [3.05, 3.63) is 76.5 Å². The lowest BCUT2D eigenvalue weighted by molar-refractivity contribution is -0.192. The number of carbonyl (C=O) groups is 2. The summed E-state index contributed by atoms with van der Waals surface area (Å²) in [7, 11) is 0. The van der Waals surface area contributed by atoms with E-state index in [1.165, 1.54) is 11.3 Å². The largest absolute Gasteiger partial charge is 0.490 e. The van der Waals surface area contributed by atoms with Gasteiger partial charge in [0.15, 0.2) is 0 Å². The van der Waals surface area contributed by atoms with E-state index in [-0.39, 0.29) is 11.9 Å². The Balaban J connectivity index is 0.000000406. The van der Waals surface area contributed by atoms with Crippen molar-refractivity contribution in [2.45, 2.75) is 18.8 Å². The van der Waals surface area contributed by atoms with Crippen LogP contribution in [0.15, 0.2) is 60.2 Å². The van der Waals surface area contributed by atoms with E-state index >= 15 is 0 Å². The maximum absolute atomic E-state index is 13.1. The number of benzene rings is 1. The van der Waals surface area contributed by atoms with Crippen LogP contribution in [0.2, 0.25) is 0 Å². The zero-order valence-corrected chi connectivity index (χ0v) is 18.6. The summed E-state index contributed by atoms with van der Waals surface area (Å²) in [5.74, 6) is -2.01. The van der Waals surface area contributed by atoms with Gasteiger partial charge in [0.1, 0.15) is 23.1 Å². The number of hydrogen-bond donors (Lipinski definition) is 2. The van der Waals surface area contributed by atoms with E-state index in [0.717, 1.165) is 29.4 Å². The summed E-state index contributed by atoms with van der Waals surface area (Å²) in [6.07, 6.45) is -1.57. The number of carboxylic acid groups (broad SMARTS) is 1. The molecule has 1 amide bonds. The smallest absolute Gasteiger partial charge is 0.486 e. The first kappa shape index (κ1) is 25.1. The normalized spacial score (nSPS) is 15.7. The average molecular weight is 494 g/mol. The Morgan fingerprint density at radius 1 is 1.18 bits per heavy atom. The quantitative estimate of drug-likeness (QED) is 0.559. The molecular weight excluding hydrogens is 473 g/mol. The Hall–Kier alpha value is -3.51. The van der Waals surface area contributed by atoms with Crippen LogP contribution in [0, 0.1) is 0 Å². The number of aliphatic carboxylic acids is 1. The lowest BCUT2D eigenvalue weighted by atomic mass is 10.0. The molecule has 8 nitrogen and oxygen atoms in total. The number of rotatable bonds is 5. The monoisotopic (exact) mass is 494 g/mol. The number of pyridine rings is 1. The number of halogens is 3. The van der Waals surface area contributed by atoms with Crippen LogP contribution in [-0.2, 0) is 11.4 Å². The number of nitrogens with one attached hydrogen (secondary N) is 1. The van der Waals surface area contributed by atoms with Crippen LogP contribution in [0.4, 0.5) is 13.2 Å². The number of carbonyl (C=O) groups excluding carboxylic acids is 1. The third kappa shape index (κ3) is 6.99. The molecule has 34 heavy (non-hydrogen) atoms. The van der Waals surface area contributed by atoms with E-state index < -0.39 is 12.1 Å². The van der Waals surface area contributed by atoms with Crippen molar-refractivity contribution < 1.29 is 32.6 Å². The van der Waals surface area contributed by atoms with Crippen LogP contribution in [0.25, 0.3) is 0 Å². The molecule has 0 bridgehead atoms. The SMILES string of the molecule is O=C(O)C(F)(F)F.O=C(c1csc(COc2ccccc2)n1)N1CCNCC1c1ccncc1. The zero-order chi connectivity index (χ0) is 24.6. The van der Waals surface area contributed by atoms with Gasteiger partial charge in [0.2, 0.25) is 0 Å². The van der Waals surface area contributed by atoms with E-state index in [0.29, 0.717) is 18.8 Å². The number of para-hydroxylation sites is 1. The molecule has 12 heteroatoms. The van der Waals surface area contributed by atoms with Gasteiger partial charge < -0.3 is 20.1 Å². The highest BCUT2D eigenvalue weighted by Gasteiger charge is 2.38. The van der Waals surface area contributed by atoms with Gasteiger partial charge in [-0.1, -0.05) is 18.2 Å². The number of ether oxygens (including phenoxy) is 1. The number of nitrogens with zero attached hydrogens (tertiary/aromatic N) is 3. The highest BCUT2D eigenvalue weighted by atomic mass is 32.1. The van der Waals surface area contributed by atoms with E-state index in [1.807, 2.05) is 52.7 Å². The van der Waals surface area contributed by atoms with E-state index in [4.69, 9.17) is 14.6 Å². The number of amides is 1. The molecule has 1 fully saturated rings. The number of thiazole rings is 1. The van der Waals surface area contributed by atoms with Crippen LogP contribution in [-0.4, -0.2) is 57.7 Å². The Morgan fingerprint density at radius 2 is 1.85 bits per heavy atom. The van der Waals surface area contributed by atoms with Crippen molar-refractivity contribution in [1.82, 2.24) is 20.2 Å². The van der Waals surface area contributed by atoms with Crippen LogP contribution >= 0.6 is 11.3 Å². The minimum atomic E-state index is -5.08. The van der Waals surface area contributed by atoms with Crippen molar-refractivity contribution in [3.63, 3.8) is 0 Å². The number of hydrogen-bond acceptors (Lipinski definition) is 7. The second-order valence-electron chi connectivity index (χ2n) is 7.03. The molecular formula is C22H21F3N4O4S. The molecule has 3 heterocycles. The van der Waals surface area contributed by atoms with Crippen LogP contribution < -0.4 is 10.1 Å².